The van der Waals surface area contributed by atoms with Crippen LogP contribution in [0.4, 0.5) is 0 Å². The van der Waals surface area contributed by atoms with Crippen LogP contribution in [0.1, 0.15) is 29.3 Å². The first kappa shape index (κ1) is 12.4. The van der Waals surface area contributed by atoms with Crippen LogP contribution in [0.15, 0.2) is 24.4 Å². The first-order valence-corrected chi connectivity index (χ1v) is 6.99. The van der Waals surface area contributed by atoms with Crippen molar-refractivity contribution in [1.29, 1.82) is 0 Å². The maximum absolute atomic E-state index is 4.52. The molecule has 0 unspecified atom stereocenters. The Kier molecular flexibility index (Phi) is 3.67. The molecule has 0 N–H and O–H groups in total. The molecule has 0 atom stereocenters. The minimum atomic E-state index is 0.862. The highest BCUT2D eigenvalue weighted by molar-refractivity contribution is 9.08. The van der Waals surface area contributed by atoms with Gasteiger partial charge in [0.05, 0.1) is 11.9 Å². The molecule has 0 aliphatic heterocycles. The van der Waals surface area contributed by atoms with Crippen molar-refractivity contribution in [3.63, 3.8) is 0 Å². The Labute approximate surface area is 111 Å². The topological polar surface area (TPSA) is 17.8 Å². The molecule has 2 aromatic rings. The summed E-state index contributed by atoms with van der Waals surface area (Å²) in [5.41, 5.74) is 6.27. The van der Waals surface area contributed by atoms with E-state index in [1.54, 1.807) is 0 Å². The van der Waals surface area contributed by atoms with Gasteiger partial charge in [0.15, 0.2) is 0 Å². The lowest BCUT2D eigenvalue weighted by atomic mass is 10.1. The Morgan fingerprint density at radius 2 is 2.06 bits per heavy atom. The molecule has 0 amide bonds. The standard InChI is InChI=1S/C14H17BrN2/c1-4-13-12(8-15)9-16-17(13)14-7-10(2)5-6-11(14)3/h5-7,9H,4,8H2,1-3H3. The van der Waals surface area contributed by atoms with E-state index in [9.17, 15) is 0 Å². The Bertz CT molecular complexity index is 529. The lowest BCUT2D eigenvalue weighted by molar-refractivity contribution is 0.805. The Morgan fingerprint density at radius 3 is 2.71 bits per heavy atom. The maximum Gasteiger partial charge on any atom is 0.0680 e. The van der Waals surface area contributed by atoms with Crippen molar-refractivity contribution in [3.05, 3.63) is 46.8 Å². The molecule has 0 radical (unpaired) electrons. The molecule has 0 saturated carbocycles. The Morgan fingerprint density at radius 1 is 1.29 bits per heavy atom. The summed E-state index contributed by atoms with van der Waals surface area (Å²) in [6, 6.07) is 6.48. The normalized spacial score (nSPS) is 10.8. The fraction of sp³-hybridized carbons (Fsp3) is 0.357. The summed E-state index contributed by atoms with van der Waals surface area (Å²) in [5.74, 6) is 0. The van der Waals surface area contributed by atoms with Crippen LogP contribution in [-0.4, -0.2) is 9.78 Å². The number of halogens is 1. The smallest absolute Gasteiger partial charge is 0.0680 e. The van der Waals surface area contributed by atoms with Gasteiger partial charge in [0.25, 0.3) is 0 Å². The number of aromatic nitrogens is 2. The van der Waals surface area contributed by atoms with Gasteiger partial charge in [-0.2, -0.15) is 5.10 Å². The van der Waals surface area contributed by atoms with Crippen LogP contribution >= 0.6 is 15.9 Å². The molecule has 90 valence electrons. The van der Waals surface area contributed by atoms with E-state index >= 15 is 0 Å². The largest absolute Gasteiger partial charge is 0.237 e. The van der Waals surface area contributed by atoms with Crippen molar-refractivity contribution in [1.82, 2.24) is 9.78 Å². The van der Waals surface area contributed by atoms with Crippen molar-refractivity contribution >= 4 is 15.9 Å². The van der Waals surface area contributed by atoms with Gasteiger partial charge < -0.3 is 0 Å². The van der Waals surface area contributed by atoms with Gasteiger partial charge in [-0.1, -0.05) is 35.0 Å². The minimum Gasteiger partial charge on any atom is -0.237 e. The monoisotopic (exact) mass is 292 g/mol. The van der Waals surface area contributed by atoms with Gasteiger partial charge in [-0.3, -0.25) is 0 Å². The number of alkyl halides is 1. The first-order valence-electron chi connectivity index (χ1n) is 5.86. The average Bonchev–Trinajstić information content (AvgIpc) is 2.74. The van der Waals surface area contributed by atoms with E-state index in [4.69, 9.17) is 0 Å². The molecule has 2 rings (SSSR count). The third kappa shape index (κ3) is 2.29. The van der Waals surface area contributed by atoms with Crippen LogP contribution in [0.3, 0.4) is 0 Å². The lowest BCUT2D eigenvalue weighted by Gasteiger charge is -2.11. The Hall–Kier alpha value is -1.09. The molecule has 0 aliphatic carbocycles. The number of aryl methyl sites for hydroxylation is 2. The first-order chi connectivity index (χ1) is 8.17. The van der Waals surface area contributed by atoms with Crippen LogP contribution < -0.4 is 0 Å². The molecule has 1 aromatic carbocycles. The molecule has 0 aliphatic rings. The zero-order chi connectivity index (χ0) is 12.4. The number of benzene rings is 1. The average molecular weight is 293 g/mol. The van der Waals surface area contributed by atoms with Crippen LogP contribution in [-0.2, 0) is 11.8 Å². The van der Waals surface area contributed by atoms with E-state index in [1.807, 2.05) is 6.20 Å². The van der Waals surface area contributed by atoms with Crippen LogP contribution in [0.25, 0.3) is 5.69 Å². The summed E-state index contributed by atoms with van der Waals surface area (Å²) in [6.07, 6.45) is 2.95. The second-order valence-electron chi connectivity index (χ2n) is 4.31. The summed E-state index contributed by atoms with van der Waals surface area (Å²) in [6.45, 7) is 6.41. The Balaban J connectivity index is 2.59. The molecular weight excluding hydrogens is 276 g/mol. The van der Waals surface area contributed by atoms with Gasteiger partial charge >= 0.3 is 0 Å². The second kappa shape index (κ2) is 5.05. The van der Waals surface area contributed by atoms with E-state index in [0.717, 1.165) is 11.8 Å². The molecule has 3 heteroatoms. The van der Waals surface area contributed by atoms with E-state index in [2.05, 4.69) is 64.7 Å². The molecule has 0 saturated heterocycles. The molecule has 17 heavy (non-hydrogen) atoms. The number of hydrogen-bond donors (Lipinski definition) is 0. The van der Waals surface area contributed by atoms with Crippen molar-refractivity contribution < 1.29 is 0 Å². The fourth-order valence-electron chi connectivity index (χ4n) is 2.05. The quantitative estimate of drug-likeness (QED) is 0.784. The fourth-order valence-corrected chi connectivity index (χ4v) is 2.52. The summed E-state index contributed by atoms with van der Waals surface area (Å²) in [5, 5.41) is 5.38. The summed E-state index contributed by atoms with van der Waals surface area (Å²) in [4.78, 5) is 0. The molecular formula is C14H17BrN2. The molecule has 0 spiro atoms. The van der Waals surface area contributed by atoms with Gasteiger partial charge in [0.1, 0.15) is 0 Å². The number of rotatable bonds is 3. The summed E-state index contributed by atoms with van der Waals surface area (Å²) in [7, 11) is 0. The molecule has 0 fully saturated rings. The molecule has 2 nitrogen and oxygen atoms in total. The second-order valence-corrected chi connectivity index (χ2v) is 4.87. The van der Waals surface area contributed by atoms with E-state index in [0.29, 0.717) is 0 Å². The van der Waals surface area contributed by atoms with E-state index < -0.39 is 0 Å². The number of hydrogen-bond acceptors (Lipinski definition) is 1. The maximum atomic E-state index is 4.52. The molecule has 0 bridgehead atoms. The van der Waals surface area contributed by atoms with Gasteiger partial charge in [-0.05, 0) is 37.5 Å². The summed E-state index contributed by atoms with van der Waals surface area (Å²) < 4.78 is 2.07. The highest BCUT2D eigenvalue weighted by Crippen LogP contribution is 2.21. The van der Waals surface area contributed by atoms with Gasteiger partial charge in [0.2, 0.25) is 0 Å². The van der Waals surface area contributed by atoms with Crippen LogP contribution in [0, 0.1) is 13.8 Å². The van der Waals surface area contributed by atoms with Crippen LogP contribution in [0.2, 0.25) is 0 Å². The van der Waals surface area contributed by atoms with Crippen LogP contribution in [0.5, 0.6) is 0 Å². The van der Waals surface area contributed by atoms with Gasteiger partial charge in [0, 0.05) is 16.6 Å². The number of nitrogens with zero attached hydrogens (tertiary/aromatic N) is 2. The third-order valence-electron chi connectivity index (χ3n) is 3.03. The van der Waals surface area contributed by atoms with Crippen molar-refractivity contribution in [2.24, 2.45) is 0 Å². The predicted octanol–water partition coefficient (Wildman–Crippen LogP) is 3.95. The van der Waals surface area contributed by atoms with Crippen molar-refractivity contribution in [3.8, 4) is 5.69 Å². The van der Waals surface area contributed by atoms with Gasteiger partial charge in [-0.25, -0.2) is 4.68 Å². The lowest BCUT2D eigenvalue weighted by Crippen LogP contribution is -2.04. The highest BCUT2D eigenvalue weighted by Gasteiger charge is 2.11. The zero-order valence-corrected chi connectivity index (χ0v) is 12.1. The molecule has 1 aromatic heterocycles. The predicted molar refractivity (Wildman–Crippen MR) is 75.0 cm³/mol. The van der Waals surface area contributed by atoms with Crippen molar-refractivity contribution in [2.75, 3.05) is 0 Å². The van der Waals surface area contributed by atoms with E-state index in [1.165, 1.54) is 28.1 Å². The SMILES string of the molecule is CCc1c(CBr)cnn1-c1cc(C)ccc1C. The van der Waals surface area contributed by atoms with Gasteiger partial charge in [-0.15, -0.1) is 0 Å². The third-order valence-corrected chi connectivity index (χ3v) is 3.63. The van der Waals surface area contributed by atoms with Crippen molar-refractivity contribution in [2.45, 2.75) is 32.5 Å². The minimum absolute atomic E-state index is 0.862. The van der Waals surface area contributed by atoms with E-state index in [-0.39, 0.29) is 0 Å². The zero-order valence-electron chi connectivity index (χ0n) is 10.5. The highest BCUT2D eigenvalue weighted by atomic mass is 79.9. The molecule has 1 heterocycles. The summed E-state index contributed by atoms with van der Waals surface area (Å²) >= 11 is 3.51.